The van der Waals surface area contributed by atoms with E-state index in [0.29, 0.717) is 6.61 Å². The number of nitrogens with zero attached hydrogens (tertiary/aromatic N) is 18. The van der Waals surface area contributed by atoms with E-state index < -0.39 is 24.4 Å². The summed E-state index contributed by atoms with van der Waals surface area (Å²) in [6, 6.07) is -0.304. The molecule has 34 heteroatoms. The van der Waals surface area contributed by atoms with Crippen molar-refractivity contribution in [2.45, 2.75) is 56.5 Å². The second-order valence-electron chi connectivity index (χ2n) is 12.6. The van der Waals surface area contributed by atoms with Gasteiger partial charge in [-0.05, 0) is 84.6 Å². The van der Waals surface area contributed by atoms with E-state index in [4.69, 9.17) is 31.4 Å². The minimum atomic E-state index is -1.18. The topological polar surface area (TPSA) is 206 Å². The number of methoxy groups -OCH3 is 1. The van der Waals surface area contributed by atoms with Crippen LogP contribution in [0.4, 0.5) is 4.53 Å². The summed E-state index contributed by atoms with van der Waals surface area (Å²) in [5.41, 5.74) is 18.0. The van der Waals surface area contributed by atoms with Crippen molar-refractivity contribution in [1.82, 2.24) is 127 Å². The Bertz CT molecular complexity index is 1340. The smallest absolute Gasteiger partial charge is 0.155 e. The van der Waals surface area contributed by atoms with E-state index in [9.17, 15) is 9.63 Å². The van der Waals surface area contributed by atoms with E-state index in [2.05, 4.69) is 38.2 Å². The minimum Gasteiger partial charge on any atom is -0.387 e. The van der Waals surface area contributed by atoms with Gasteiger partial charge in [0.15, 0.2) is 6.10 Å². The number of halogens is 1. The lowest BCUT2D eigenvalue weighted by Crippen LogP contribution is -3.18. The molecule has 0 aliphatic carbocycles. The second-order valence-corrected chi connectivity index (χ2v) is 12.6. The zero-order valence-electron chi connectivity index (χ0n) is 27.9. The van der Waals surface area contributed by atoms with Crippen LogP contribution in [0.15, 0.2) is 0 Å². The zero-order valence-corrected chi connectivity index (χ0v) is 27.9. The molecule has 10 aliphatic rings. The van der Waals surface area contributed by atoms with Crippen LogP contribution in [-0.2, 0) is 28.6 Å². The van der Waals surface area contributed by atoms with Gasteiger partial charge in [0.05, 0.1) is 32.6 Å². The summed E-state index contributed by atoms with van der Waals surface area (Å²) in [7, 11) is 12.8. The largest absolute Gasteiger partial charge is 0.387 e. The first-order valence-electron chi connectivity index (χ1n) is 16.0. The van der Waals surface area contributed by atoms with Crippen LogP contribution < -0.4 is 33.2 Å². The first-order valence-corrected chi connectivity index (χ1v) is 16.0. The van der Waals surface area contributed by atoms with Gasteiger partial charge in [-0.25, -0.2) is 0 Å². The average molecular weight is 731 g/mol. The lowest BCUT2D eigenvalue weighted by Gasteiger charge is -2.87. The molecular weight excluding hydrogens is 693 g/mol. The van der Waals surface area contributed by atoms with Gasteiger partial charge in [0.1, 0.15) is 31.8 Å². The van der Waals surface area contributed by atoms with Crippen LogP contribution in [0.5, 0.6) is 0 Å². The lowest BCUT2D eigenvalue weighted by atomic mass is 9.49. The number of rotatable bonds is 11. The number of hydrogen-bond donors (Lipinski definition) is 7. The lowest BCUT2D eigenvalue weighted by molar-refractivity contribution is -1.00. The maximum Gasteiger partial charge on any atom is 0.155 e. The summed E-state index contributed by atoms with van der Waals surface area (Å²) in [5.74, 6) is -0.0535. The molecule has 0 spiro atoms. The molecule has 3 radical (unpaired) electrons. The van der Waals surface area contributed by atoms with Gasteiger partial charge >= 0.3 is 0 Å². The van der Waals surface area contributed by atoms with Crippen LogP contribution in [0, 0.1) is 5.92 Å². The summed E-state index contributed by atoms with van der Waals surface area (Å²) < 4.78 is 42.8. The number of nitrogens with one attached hydrogen (secondary N) is 6. The average Bonchev–Trinajstić information content (AvgIpc) is 3.55. The summed E-state index contributed by atoms with van der Waals surface area (Å²) in [5, 5.41) is 41.9. The van der Waals surface area contributed by atoms with E-state index >= 15 is 0 Å². The van der Waals surface area contributed by atoms with Gasteiger partial charge in [0.2, 0.25) is 0 Å². The molecule has 8 atom stereocenters. The van der Waals surface area contributed by atoms with Gasteiger partial charge in [0, 0.05) is 40.9 Å². The standard InChI is InChI=1S/C17H38B2FN24O7/c1-10-15(12(6-46-5)50-17(10)19-18)48-9-30-29(8-47-7-13-16(51-20)14(45)11(2)49-13)37-33-25-26-34-32(24-22-21-23-31(33)38(30)37)39-40(34)44-42-36-28(4)27(3)35(36)41(42)43(39)44/h10-17,21-26,45H,6-9H2,1-5H3/t10?,11-,12+,13+,14?,15+,16-,17+/m0/s1. The van der Waals surface area contributed by atoms with Crippen molar-refractivity contribution in [1.29, 1.82) is 0 Å². The zero-order chi connectivity index (χ0) is 35.0. The van der Waals surface area contributed by atoms with Crippen molar-refractivity contribution in [3.05, 3.63) is 0 Å². The van der Waals surface area contributed by atoms with Crippen LogP contribution in [0.25, 0.3) is 0 Å². The predicted molar refractivity (Wildman–Crippen MR) is 152 cm³/mol. The number of aliphatic hydroxyl groups is 1. The first kappa shape index (κ1) is 34.3. The molecule has 0 aromatic carbocycles. The molecule has 0 bridgehead atoms. The van der Waals surface area contributed by atoms with Gasteiger partial charge in [-0.1, -0.05) is 17.2 Å². The summed E-state index contributed by atoms with van der Waals surface area (Å²) in [6.07, 6.45) is -4.44. The summed E-state index contributed by atoms with van der Waals surface area (Å²) in [4.78, 5) is 4.00. The molecule has 10 aliphatic heterocycles. The number of fused-ring (bicyclic) bond motifs is 17. The summed E-state index contributed by atoms with van der Waals surface area (Å²) >= 11 is 0. The maximum atomic E-state index is 13.3. The molecule has 0 aromatic rings. The molecule has 31 nitrogen and oxygen atoms in total. The highest BCUT2D eigenvalue weighted by atomic mass is 19.3. The highest BCUT2D eigenvalue weighted by molar-refractivity contribution is 6.90. The monoisotopic (exact) mass is 731 g/mol. The Labute approximate surface area is 290 Å². The Balaban J connectivity index is 0.820. The van der Waals surface area contributed by atoms with Crippen LogP contribution >= 0.6 is 0 Å². The molecule has 10 saturated heterocycles. The normalized spacial score (nSPS) is 42.3. The SMILES string of the molecule is [B][B][C@@H]1O[C@H](COC)[C@H](OCN2N(COC[C@H]3O[C@@H](C)C(O)[C@H]3OF)N3N4NNN5N(NNNNN4N23)N2N5N3N4N5N(C)N(C)N5N4N23)C1C. The molecule has 10 fully saturated rings. The number of hydrogen-bond acceptors (Lipinski definition) is 31. The predicted octanol–water partition coefficient (Wildman–Crippen LogP) is -8.78. The van der Waals surface area contributed by atoms with E-state index in [1.165, 1.54) is 7.17 Å². The van der Waals surface area contributed by atoms with Crippen molar-refractivity contribution < 1.29 is 38.3 Å². The van der Waals surface area contributed by atoms with Crippen molar-refractivity contribution >= 4 is 14.9 Å². The van der Waals surface area contributed by atoms with Gasteiger partial charge in [-0.3, -0.25) is 0 Å². The van der Waals surface area contributed by atoms with Crippen molar-refractivity contribution in [3.63, 3.8) is 0 Å². The molecule has 2 unspecified atom stereocenters. The third kappa shape index (κ3) is 4.58. The minimum absolute atomic E-state index is 0.0442. The highest BCUT2D eigenvalue weighted by Crippen LogP contribution is 2.54. The molecule has 7 N–H and O–H groups in total. The fourth-order valence-electron chi connectivity index (χ4n) is 7.07. The van der Waals surface area contributed by atoms with E-state index in [1.807, 2.05) is 62.6 Å². The van der Waals surface area contributed by atoms with Crippen LogP contribution in [-0.4, -0.2) is 204 Å². The van der Waals surface area contributed by atoms with Crippen LogP contribution in [0.3, 0.4) is 0 Å². The summed E-state index contributed by atoms with van der Waals surface area (Å²) in [6.45, 7) is 3.90. The van der Waals surface area contributed by atoms with E-state index in [-0.39, 0.29) is 44.2 Å². The Morgan fingerprint density at radius 2 is 1.27 bits per heavy atom. The molecule has 0 aromatic heterocycles. The van der Waals surface area contributed by atoms with Gasteiger partial charge in [0.25, 0.3) is 0 Å². The van der Waals surface area contributed by atoms with Crippen molar-refractivity contribution in [3.8, 4) is 0 Å². The molecule has 281 valence electrons. The fourth-order valence-corrected chi connectivity index (χ4v) is 7.07. The highest BCUT2D eigenvalue weighted by Gasteiger charge is 2.85. The molecular formula is C17H38B2FN24O7. The first-order chi connectivity index (χ1) is 24.8. The fraction of sp³-hybridized carbons (Fsp3) is 1.00. The third-order valence-corrected chi connectivity index (χ3v) is 9.84. The quantitative estimate of drug-likeness (QED) is 0.0986. The Kier molecular flexibility index (Phi) is 8.53. The van der Waals surface area contributed by atoms with Gasteiger partial charge < -0.3 is 28.8 Å². The molecule has 0 saturated carbocycles. The molecule has 10 rings (SSSR count). The van der Waals surface area contributed by atoms with E-state index in [0.717, 1.165) is 0 Å². The number of aliphatic hydroxyl groups excluding tert-OH is 1. The number of ether oxygens (including phenoxy) is 5. The van der Waals surface area contributed by atoms with Crippen LogP contribution in [0.2, 0.25) is 0 Å². The van der Waals surface area contributed by atoms with Crippen molar-refractivity contribution in [2.24, 2.45) is 5.92 Å². The van der Waals surface area contributed by atoms with Gasteiger partial charge in [-0.15, -0.1) is 32.4 Å². The second kappa shape index (κ2) is 12.7. The Morgan fingerprint density at radius 3 is 1.88 bits per heavy atom. The molecule has 10 heterocycles. The third-order valence-electron chi connectivity index (χ3n) is 9.84. The van der Waals surface area contributed by atoms with Crippen LogP contribution in [0.1, 0.15) is 13.8 Å². The Hall–Kier alpha value is -1.18. The van der Waals surface area contributed by atoms with Gasteiger partial charge in [-0.2, -0.15) is 16.0 Å². The molecule has 0 amide bonds. The number of hydrazine groups is 31. The van der Waals surface area contributed by atoms with E-state index in [1.54, 1.807) is 66.1 Å². The maximum absolute atomic E-state index is 13.3. The Morgan fingerprint density at radius 1 is 0.725 bits per heavy atom. The van der Waals surface area contributed by atoms with Crippen molar-refractivity contribution in [2.75, 3.05) is 47.9 Å². The molecule has 51 heavy (non-hydrogen) atoms.